The number of carbonyl (C=O) groups excluding carboxylic acids is 1. The van der Waals surface area contributed by atoms with E-state index in [0.29, 0.717) is 29.3 Å². The molecule has 0 spiro atoms. The topological polar surface area (TPSA) is 73.3 Å². The van der Waals surface area contributed by atoms with Gasteiger partial charge < -0.3 is 14.8 Å². The first-order valence-electron chi connectivity index (χ1n) is 10.3. The molecule has 1 aliphatic heterocycles. The molecule has 184 valence electrons. The van der Waals surface area contributed by atoms with Gasteiger partial charge in [0.15, 0.2) is 0 Å². The second-order valence-electron chi connectivity index (χ2n) is 7.58. The van der Waals surface area contributed by atoms with Gasteiger partial charge in [-0.2, -0.15) is 18.3 Å². The van der Waals surface area contributed by atoms with Crippen LogP contribution in [0.15, 0.2) is 42.5 Å². The molecular weight excluding hydrogens is 513 g/mol. The number of ether oxygens (including phenoxy) is 2. The molecule has 0 aliphatic carbocycles. The normalized spacial score (nSPS) is 14.2. The van der Waals surface area contributed by atoms with Crippen LogP contribution in [0.1, 0.15) is 38.9 Å². The molecule has 4 rings (SSSR count). The Kier molecular flexibility index (Phi) is 7.44. The van der Waals surface area contributed by atoms with Crippen LogP contribution in [-0.2, 0) is 23.9 Å². The van der Waals surface area contributed by atoms with Crippen LogP contribution in [-0.4, -0.2) is 29.3 Å². The Morgan fingerprint density at radius 2 is 1.97 bits per heavy atom. The molecular formula is C23H17Cl2F4N3O3. The number of amides is 1. The van der Waals surface area contributed by atoms with Gasteiger partial charge in [0.2, 0.25) is 0 Å². The van der Waals surface area contributed by atoms with Gasteiger partial charge >= 0.3 is 6.18 Å². The first kappa shape index (κ1) is 25.2. The summed E-state index contributed by atoms with van der Waals surface area (Å²) in [6.07, 6.45) is -5.87. The van der Waals surface area contributed by atoms with Gasteiger partial charge in [0, 0.05) is 27.6 Å². The Hall–Kier alpha value is -2.95. The molecule has 0 radical (unpaired) electrons. The van der Waals surface area contributed by atoms with Gasteiger partial charge in [-0.05, 0) is 30.3 Å². The van der Waals surface area contributed by atoms with Crippen molar-refractivity contribution in [3.63, 3.8) is 0 Å². The smallest absolute Gasteiger partial charge is 0.416 e. The van der Waals surface area contributed by atoms with Crippen molar-refractivity contribution in [3.05, 3.63) is 80.5 Å². The Morgan fingerprint density at radius 3 is 2.71 bits per heavy atom. The van der Waals surface area contributed by atoms with E-state index in [0.717, 1.165) is 18.2 Å². The minimum atomic E-state index is -4.59. The third-order valence-corrected chi connectivity index (χ3v) is 5.76. The Balaban J connectivity index is 1.61. The fourth-order valence-electron chi connectivity index (χ4n) is 3.48. The zero-order valence-electron chi connectivity index (χ0n) is 17.8. The maximum Gasteiger partial charge on any atom is 0.416 e. The molecule has 1 unspecified atom stereocenters. The van der Waals surface area contributed by atoms with E-state index in [2.05, 4.69) is 15.5 Å². The molecule has 1 amide bonds. The van der Waals surface area contributed by atoms with E-state index in [1.165, 1.54) is 24.3 Å². The van der Waals surface area contributed by atoms with Crippen molar-refractivity contribution in [3.8, 4) is 11.6 Å². The standard InChI is InChI=1S/C23H17Cl2F4N3O3/c24-13-4-5-15(17(25)9-13)18(26)10-30-21(33)20-16-11-34-7-6-19(16)31-32-22(20)35-14-3-1-2-12(8-14)23(27,28)29/h1-5,8-9,18H,6-7,10-11H2,(H,30,33). The predicted octanol–water partition coefficient (Wildman–Crippen LogP) is 6.11. The van der Waals surface area contributed by atoms with E-state index in [1.807, 2.05) is 0 Å². The van der Waals surface area contributed by atoms with Gasteiger partial charge in [-0.3, -0.25) is 4.79 Å². The van der Waals surface area contributed by atoms with E-state index in [1.54, 1.807) is 0 Å². The van der Waals surface area contributed by atoms with Crippen LogP contribution in [0, 0.1) is 0 Å². The van der Waals surface area contributed by atoms with Crippen molar-refractivity contribution in [2.24, 2.45) is 0 Å². The highest BCUT2D eigenvalue weighted by molar-refractivity contribution is 6.35. The van der Waals surface area contributed by atoms with Crippen LogP contribution in [0.2, 0.25) is 10.0 Å². The number of benzene rings is 2. The summed E-state index contributed by atoms with van der Waals surface area (Å²) in [5.74, 6) is -1.28. The molecule has 12 heteroatoms. The van der Waals surface area contributed by atoms with Gasteiger partial charge in [-0.25, -0.2) is 4.39 Å². The summed E-state index contributed by atoms with van der Waals surface area (Å²) in [5, 5.41) is 10.8. The highest BCUT2D eigenvalue weighted by Gasteiger charge is 2.31. The molecule has 2 heterocycles. The largest absolute Gasteiger partial charge is 0.437 e. The van der Waals surface area contributed by atoms with E-state index >= 15 is 0 Å². The van der Waals surface area contributed by atoms with Gasteiger partial charge in [-0.1, -0.05) is 35.3 Å². The summed E-state index contributed by atoms with van der Waals surface area (Å²) in [7, 11) is 0. The van der Waals surface area contributed by atoms with Gasteiger partial charge in [-0.15, -0.1) is 5.10 Å². The lowest BCUT2D eigenvalue weighted by molar-refractivity contribution is -0.137. The third kappa shape index (κ3) is 5.83. The number of aromatic nitrogens is 2. The van der Waals surface area contributed by atoms with Crippen molar-refractivity contribution in [2.75, 3.05) is 13.2 Å². The van der Waals surface area contributed by atoms with Crippen molar-refractivity contribution >= 4 is 29.1 Å². The van der Waals surface area contributed by atoms with Crippen molar-refractivity contribution < 1.29 is 31.8 Å². The maximum absolute atomic E-state index is 14.8. The third-order valence-electron chi connectivity index (χ3n) is 5.20. The average molecular weight is 530 g/mol. The molecule has 0 fully saturated rings. The monoisotopic (exact) mass is 529 g/mol. The molecule has 6 nitrogen and oxygen atoms in total. The maximum atomic E-state index is 14.8. The second kappa shape index (κ2) is 10.3. The van der Waals surface area contributed by atoms with Crippen LogP contribution in [0.25, 0.3) is 0 Å². The summed E-state index contributed by atoms with van der Waals surface area (Å²) < 4.78 is 65.0. The SMILES string of the molecule is O=C(NCC(F)c1ccc(Cl)cc1Cl)c1c(Oc2cccc(C(F)(F)F)c2)nnc2c1COCC2. The molecule has 35 heavy (non-hydrogen) atoms. The van der Waals surface area contributed by atoms with Crippen LogP contribution in [0.5, 0.6) is 11.6 Å². The highest BCUT2D eigenvalue weighted by Crippen LogP contribution is 2.34. The van der Waals surface area contributed by atoms with Crippen LogP contribution in [0.3, 0.4) is 0 Å². The zero-order chi connectivity index (χ0) is 25.2. The molecule has 0 saturated carbocycles. The number of carbonyl (C=O) groups is 1. The second-order valence-corrected chi connectivity index (χ2v) is 8.42. The molecule has 2 aromatic carbocycles. The molecule has 1 N–H and O–H groups in total. The number of nitrogens with zero attached hydrogens (tertiary/aromatic N) is 2. The first-order valence-corrected chi connectivity index (χ1v) is 11.1. The van der Waals surface area contributed by atoms with Crippen molar-refractivity contribution in [1.82, 2.24) is 15.5 Å². The number of hydrogen-bond donors (Lipinski definition) is 1. The molecule has 3 aromatic rings. The summed E-state index contributed by atoms with van der Waals surface area (Å²) in [6, 6.07) is 8.38. The number of hydrogen-bond acceptors (Lipinski definition) is 5. The number of rotatable bonds is 6. The number of fused-ring (bicyclic) bond motifs is 1. The summed E-state index contributed by atoms with van der Waals surface area (Å²) >= 11 is 11.9. The van der Waals surface area contributed by atoms with Gasteiger partial charge in [0.25, 0.3) is 11.8 Å². The number of nitrogens with one attached hydrogen (secondary N) is 1. The fourth-order valence-corrected chi connectivity index (χ4v) is 4.01. The van der Waals surface area contributed by atoms with E-state index in [-0.39, 0.29) is 34.4 Å². The minimum Gasteiger partial charge on any atom is -0.437 e. The summed E-state index contributed by atoms with van der Waals surface area (Å²) in [5.41, 5.74) is -0.0482. The quantitative estimate of drug-likeness (QED) is 0.390. The van der Waals surface area contributed by atoms with Crippen molar-refractivity contribution in [2.45, 2.75) is 25.4 Å². The lowest BCUT2D eigenvalue weighted by Gasteiger charge is -2.20. The van der Waals surface area contributed by atoms with Crippen molar-refractivity contribution in [1.29, 1.82) is 0 Å². The van der Waals surface area contributed by atoms with Gasteiger partial charge in [0.05, 0.1) is 31.0 Å². The van der Waals surface area contributed by atoms with Crippen LogP contribution in [0.4, 0.5) is 17.6 Å². The molecule has 1 aliphatic rings. The fraction of sp³-hybridized carbons (Fsp3) is 0.261. The molecule has 1 atom stereocenters. The summed E-state index contributed by atoms with van der Waals surface area (Å²) in [4.78, 5) is 13.1. The molecule has 1 aromatic heterocycles. The van der Waals surface area contributed by atoms with E-state index in [4.69, 9.17) is 32.7 Å². The Bertz CT molecular complexity index is 1260. The Labute approximate surface area is 207 Å². The minimum absolute atomic E-state index is 0.00856. The lowest BCUT2D eigenvalue weighted by atomic mass is 10.0. The lowest BCUT2D eigenvalue weighted by Crippen LogP contribution is -2.30. The predicted molar refractivity (Wildman–Crippen MR) is 120 cm³/mol. The number of halogens is 6. The van der Waals surface area contributed by atoms with E-state index < -0.39 is 30.4 Å². The molecule has 0 saturated heterocycles. The average Bonchev–Trinajstić information content (AvgIpc) is 2.82. The molecule has 0 bridgehead atoms. The first-order chi connectivity index (χ1) is 16.6. The zero-order valence-corrected chi connectivity index (χ0v) is 19.3. The van der Waals surface area contributed by atoms with Crippen LogP contribution < -0.4 is 10.1 Å². The highest BCUT2D eigenvalue weighted by atomic mass is 35.5. The Morgan fingerprint density at radius 1 is 1.17 bits per heavy atom. The number of alkyl halides is 4. The van der Waals surface area contributed by atoms with Gasteiger partial charge in [0.1, 0.15) is 17.5 Å². The van der Waals surface area contributed by atoms with E-state index in [9.17, 15) is 22.4 Å². The van der Waals surface area contributed by atoms with Crippen LogP contribution >= 0.6 is 23.2 Å². The summed E-state index contributed by atoms with van der Waals surface area (Å²) in [6.45, 7) is -0.0754.